The number of nitrogens with one attached hydrogen (secondary N) is 1. The zero-order valence-electron chi connectivity index (χ0n) is 6.65. The molecular formula is C7H9N3OS. The molecule has 12 heavy (non-hydrogen) atoms. The highest BCUT2D eigenvalue weighted by Crippen LogP contribution is 2.38. The van der Waals surface area contributed by atoms with E-state index in [1.54, 1.807) is 6.20 Å². The normalized spacial score (nSPS) is 26.8. The molecule has 0 radical (unpaired) electrons. The predicted octanol–water partition coefficient (Wildman–Crippen LogP) is 1.13. The molecule has 2 atom stereocenters. The van der Waals surface area contributed by atoms with Crippen molar-refractivity contribution in [2.45, 2.75) is 13.3 Å². The summed E-state index contributed by atoms with van der Waals surface area (Å²) in [6, 6.07) is 0. The number of rotatable bonds is 2. The van der Waals surface area contributed by atoms with Crippen LogP contribution in [0.4, 0.5) is 5.00 Å². The van der Waals surface area contributed by atoms with Crippen LogP contribution in [0.25, 0.3) is 0 Å². The molecule has 1 N–H and O–H groups in total. The third-order valence-corrected chi connectivity index (χ3v) is 2.63. The van der Waals surface area contributed by atoms with Gasteiger partial charge in [0, 0.05) is 17.5 Å². The molecule has 1 aliphatic carbocycles. The Bertz CT molecular complexity index is 285. The zero-order chi connectivity index (χ0) is 8.55. The highest BCUT2D eigenvalue weighted by atomic mass is 32.1. The van der Waals surface area contributed by atoms with Crippen LogP contribution in [0.3, 0.4) is 0 Å². The van der Waals surface area contributed by atoms with Crippen LogP contribution in [0.15, 0.2) is 6.20 Å². The van der Waals surface area contributed by atoms with Gasteiger partial charge in [0.25, 0.3) is 0 Å². The lowest BCUT2D eigenvalue weighted by Crippen LogP contribution is -2.13. The molecular weight excluding hydrogens is 174 g/mol. The van der Waals surface area contributed by atoms with Crippen molar-refractivity contribution < 1.29 is 4.79 Å². The molecule has 1 aromatic heterocycles. The highest BCUT2D eigenvalue weighted by molar-refractivity contribution is 7.10. The Balaban J connectivity index is 1.92. The quantitative estimate of drug-likeness (QED) is 0.747. The summed E-state index contributed by atoms with van der Waals surface area (Å²) in [4.78, 5) is 11.3. The predicted molar refractivity (Wildman–Crippen MR) is 45.8 cm³/mol. The van der Waals surface area contributed by atoms with E-state index < -0.39 is 0 Å². The van der Waals surface area contributed by atoms with Crippen molar-refractivity contribution >= 4 is 22.4 Å². The number of anilines is 1. The van der Waals surface area contributed by atoms with E-state index in [-0.39, 0.29) is 11.8 Å². The molecule has 0 aromatic carbocycles. The molecule has 2 unspecified atom stereocenters. The van der Waals surface area contributed by atoms with Crippen molar-refractivity contribution in [3.63, 3.8) is 0 Å². The third kappa shape index (κ3) is 1.45. The van der Waals surface area contributed by atoms with Gasteiger partial charge in [-0.1, -0.05) is 11.4 Å². The lowest BCUT2D eigenvalue weighted by Gasteiger charge is -1.97. The van der Waals surface area contributed by atoms with Gasteiger partial charge in [0.05, 0.1) is 6.20 Å². The summed E-state index contributed by atoms with van der Waals surface area (Å²) < 4.78 is 3.65. The SMILES string of the molecule is CC1CC1C(=O)Nc1cnns1. The molecule has 0 bridgehead atoms. The van der Waals surface area contributed by atoms with Gasteiger partial charge in [-0.05, 0) is 12.3 Å². The second-order valence-corrected chi connectivity index (χ2v) is 3.88. The molecule has 5 heteroatoms. The van der Waals surface area contributed by atoms with E-state index in [0.717, 1.165) is 11.4 Å². The molecule has 1 aromatic rings. The average Bonchev–Trinajstić information content (AvgIpc) is 2.58. The first-order chi connectivity index (χ1) is 5.77. The minimum atomic E-state index is 0.105. The molecule has 1 heterocycles. The fraction of sp³-hybridized carbons (Fsp3) is 0.571. The maximum Gasteiger partial charge on any atom is 0.228 e. The molecule has 64 valence electrons. The lowest BCUT2D eigenvalue weighted by atomic mass is 10.3. The van der Waals surface area contributed by atoms with Crippen molar-refractivity contribution in [1.29, 1.82) is 0 Å². The minimum absolute atomic E-state index is 0.105. The Labute approximate surface area is 74.2 Å². The number of hydrogen-bond acceptors (Lipinski definition) is 4. The van der Waals surface area contributed by atoms with Crippen LogP contribution in [-0.2, 0) is 4.79 Å². The Morgan fingerprint density at radius 1 is 1.83 bits per heavy atom. The van der Waals surface area contributed by atoms with E-state index in [1.165, 1.54) is 11.5 Å². The molecule has 0 spiro atoms. The number of nitrogens with zero attached hydrogens (tertiary/aromatic N) is 2. The monoisotopic (exact) mass is 183 g/mol. The molecule has 4 nitrogen and oxygen atoms in total. The fourth-order valence-electron chi connectivity index (χ4n) is 1.12. The zero-order valence-corrected chi connectivity index (χ0v) is 7.47. The van der Waals surface area contributed by atoms with Crippen molar-refractivity contribution in [2.75, 3.05) is 5.32 Å². The number of amides is 1. The summed E-state index contributed by atoms with van der Waals surface area (Å²) in [5, 5.41) is 7.13. The van der Waals surface area contributed by atoms with Gasteiger partial charge in [-0.25, -0.2) is 0 Å². The van der Waals surface area contributed by atoms with Gasteiger partial charge in [0.2, 0.25) is 5.91 Å². The standard InChI is InChI=1S/C7H9N3OS/c1-4-2-5(4)7(11)9-6-3-8-10-12-6/h3-5H,2H2,1H3,(H,9,11). The van der Waals surface area contributed by atoms with Crippen molar-refractivity contribution in [1.82, 2.24) is 9.59 Å². The van der Waals surface area contributed by atoms with Gasteiger partial charge >= 0.3 is 0 Å². The van der Waals surface area contributed by atoms with Crippen LogP contribution >= 0.6 is 11.5 Å². The first kappa shape index (κ1) is 7.67. The second kappa shape index (κ2) is 2.82. The van der Waals surface area contributed by atoms with Crippen LogP contribution in [0.2, 0.25) is 0 Å². The topological polar surface area (TPSA) is 54.9 Å². The van der Waals surface area contributed by atoms with Crippen LogP contribution in [0.1, 0.15) is 13.3 Å². The van der Waals surface area contributed by atoms with E-state index >= 15 is 0 Å². The highest BCUT2D eigenvalue weighted by Gasteiger charge is 2.39. The van der Waals surface area contributed by atoms with Crippen molar-refractivity contribution in [3.05, 3.63) is 6.20 Å². The number of carbonyl (C=O) groups excluding carboxylic acids is 1. The van der Waals surface area contributed by atoms with Gasteiger partial charge in [-0.3, -0.25) is 4.79 Å². The Kier molecular flexibility index (Phi) is 1.80. The Morgan fingerprint density at radius 2 is 2.58 bits per heavy atom. The smallest absolute Gasteiger partial charge is 0.228 e. The summed E-state index contributed by atoms with van der Waals surface area (Å²) in [6.07, 6.45) is 2.58. The van der Waals surface area contributed by atoms with Gasteiger partial charge in [-0.15, -0.1) is 5.10 Å². The van der Waals surface area contributed by atoms with Crippen molar-refractivity contribution in [2.24, 2.45) is 11.8 Å². The van der Waals surface area contributed by atoms with Gasteiger partial charge in [0.1, 0.15) is 5.00 Å². The number of aromatic nitrogens is 2. The van der Waals surface area contributed by atoms with Gasteiger partial charge in [0.15, 0.2) is 0 Å². The Morgan fingerprint density at radius 3 is 3.08 bits per heavy atom. The molecule has 0 aliphatic heterocycles. The maximum atomic E-state index is 11.3. The first-order valence-corrected chi connectivity index (χ1v) is 4.63. The first-order valence-electron chi connectivity index (χ1n) is 3.85. The summed E-state index contributed by atoms with van der Waals surface area (Å²) in [5.74, 6) is 0.867. The number of carbonyl (C=O) groups is 1. The van der Waals surface area contributed by atoms with Crippen molar-refractivity contribution in [3.8, 4) is 0 Å². The minimum Gasteiger partial charge on any atom is -0.315 e. The van der Waals surface area contributed by atoms with Gasteiger partial charge in [-0.2, -0.15) is 0 Å². The van der Waals surface area contributed by atoms with Crippen LogP contribution in [0.5, 0.6) is 0 Å². The summed E-state index contributed by atoms with van der Waals surface area (Å²) in [5.41, 5.74) is 0. The Hall–Kier alpha value is -0.970. The average molecular weight is 183 g/mol. The summed E-state index contributed by atoms with van der Waals surface area (Å²) in [7, 11) is 0. The second-order valence-electron chi connectivity index (χ2n) is 3.09. The number of hydrogen-bond donors (Lipinski definition) is 1. The van der Waals surface area contributed by atoms with E-state index in [0.29, 0.717) is 5.92 Å². The van der Waals surface area contributed by atoms with Crippen LogP contribution < -0.4 is 5.32 Å². The largest absolute Gasteiger partial charge is 0.315 e. The molecule has 1 saturated carbocycles. The van der Waals surface area contributed by atoms with Gasteiger partial charge < -0.3 is 5.32 Å². The third-order valence-electron chi connectivity index (χ3n) is 2.05. The molecule has 1 fully saturated rings. The van der Waals surface area contributed by atoms with E-state index in [4.69, 9.17) is 0 Å². The molecule has 1 amide bonds. The molecule has 0 saturated heterocycles. The maximum absolute atomic E-state index is 11.3. The van der Waals surface area contributed by atoms with E-state index in [9.17, 15) is 4.79 Å². The summed E-state index contributed by atoms with van der Waals surface area (Å²) >= 11 is 1.20. The molecule has 2 rings (SSSR count). The van der Waals surface area contributed by atoms with E-state index in [1.807, 2.05) is 0 Å². The van der Waals surface area contributed by atoms with Crippen LogP contribution in [-0.4, -0.2) is 15.5 Å². The fourth-order valence-corrected chi connectivity index (χ4v) is 1.55. The van der Waals surface area contributed by atoms with Crippen LogP contribution in [0, 0.1) is 11.8 Å². The lowest BCUT2D eigenvalue weighted by molar-refractivity contribution is -0.117. The molecule has 1 aliphatic rings. The van der Waals surface area contributed by atoms with E-state index in [2.05, 4.69) is 21.8 Å². The summed E-state index contributed by atoms with van der Waals surface area (Å²) in [6.45, 7) is 2.08.